The molecule has 0 saturated heterocycles. The van der Waals surface area contributed by atoms with Gasteiger partial charge in [-0.1, -0.05) is 36.9 Å². The Morgan fingerprint density at radius 2 is 1.89 bits per heavy atom. The van der Waals surface area contributed by atoms with Crippen LogP contribution >= 0.6 is 0 Å². The number of benzene rings is 2. The van der Waals surface area contributed by atoms with E-state index in [1.165, 1.54) is 0 Å². The maximum atomic E-state index is 12.3. The fraction of sp³-hybridized carbons (Fsp3) is 0.235. The number of carbonyl (C=O) groups excluding carboxylic acids is 1. The first kappa shape index (κ1) is 13.3. The zero-order valence-electron chi connectivity index (χ0n) is 11.6. The minimum absolute atomic E-state index is 0.299. The van der Waals surface area contributed by atoms with Crippen molar-refractivity contribution in [2.45, 2.75) is 26.4 Å². The first-order chi connectivity index (χ1) is 8.90. The number of rotatable bonds is 2. The Morgan fingerprint density at radius 3 is 2.53 bits per heavy atom. The summed E-state index contributed by atoms with van der Waals surface area (Å²) in [4.78, 5) is 12.3. The molecule has 0 N–H and O–H groups in total. The van der Waals surface area contributed by atoms with Crippen LogP contribution in [0.15, 0.2) is 43.0 Å². The van der Waals surface area contributed by atoms with E-state index in [9.17, 15) is 4.79 Å². The molecule has 0 spiro atoms. The molecule has 0 unspecified atom stereocenters. The van der Waals surface area contributed by atoms with Crippen LogP contribution in [0.25, 0.3) is 16.8 Å². The van der Waals surface area contributed by atoms with Crippen molar-refractivity contribution in [2.75, 3.05) is 0 Å². The van der Waals surface area contributed by atoms with E-state index in [1.807, 2.05) is 57.2 Å². The topological polar surface area (TPSA) is 26.3 Å². The van der Waals surface area contributed by atoms with Gasteiger partial charge in [-0.15, -0.1) is 0 Å². The lowest BCUT2D eigenvalue weighted by atomic mass is 10.0. The SMILES string of the molecule is C=Cc1cc(C(=O)OC(C)(C)C)c2ccccc2c1. The van der Waals surface area contributed by atoms with Gasteiger partial charge >= 0.3 is 5.97 Å². The van der Waals surface area contributed by atoms with Crippen LogP contribution in [0.2, 0.25) is 0 Å². The molecular formula is C17H18O2. The summed E-state index contributed by atoms with van der Waals surface area (Å²) >= 11 is 0. The van der Waals surface area contributed by atoms with Gasteiger partial charge in [-0.25, -0.2) is 4.79 Å². The Balaban J connectivity index is 2.58. The van der Waals surface area contributed by atoms with Crippen molar-refractivity contribution >= 4 is 22.8 Å². The maximum Gasteiger partial charge on any atom is 0.339 e. The van der Waals surface area contributed by atoms with Crippen molar-refractivity contribution in [3.8, 4) is 0 Å². The summed E-state index contributed by atoms with van der Waals surface area (Å²) in [6.07, 6.45) is 1.74. The molecule has 2 aromatic carbocycles. The highest BCUT2D eigenvalue weighted by atomic mass is 16.6. The molecule has 19 heavy (non-hydrogen) atoms. The smallest absolute Gasteiger partial charge is 0.339 e. The van der Waals surface area contributed by atoms with E-state index >= 15 is 0 Å². The Kier molecular flexibility index (Phi) is 3.43. The molecule has 2 rings (SSSR count). The number of esters is 1. The normalized spacial score (nSPS) is 11.3. The number of carbonyl (C=O) groups is 1. The molecule has 0 aliphatic heterocycles. The van der Waals surface area contributed by atoms with E-state index < -0.39 is 5.60 Å². The van der Waals surface area contributed by atoms with Crippen LogP contribution in [0.1, 0.15) is 36.7 Å². The molecule has 0 radical (unpaired) electrons. The average molecular weight is 254 g/mol. The second kappa shape index (κ2) is 4.88. The van der Waals surface area contributed by atoms with E-state index in [2.05, 4.69) is 6.58 Å². The molecule has 2 heteroatoms. The van der Waals surface area contributed by atoms with Gasteiger partial charge in [-0.05, 0) is 49.2 Å². The number of ether oxygens (including phenoxy) is 1. The molecule has 0 atom stereocenters. The summed E-state index contributed by atoms with van der Waals surface area (Å²) in [5, 5.41) is 1.92. The highest BCUT2D eigenvalue weighted by Crippen LogP contribution is 2.24. The molecule has 98 valence electrons. The van der Waals surface area contributed by atoms with Crippen LogP contribution < -0.4 is 0 Å². The lowest BCUT2D eigenvalue weighted by Gasteiger charge is -2.20. The Bertz CT molecular complexity index is 633. The van der Waals surface area contributed by atoms with Gasteiger partial charge in [-0.2, -0.15) is 0 Å². The summed E-state index contributed by atoms with van der Waals surface area (Å²) in [6, 6.07) is 11.6. The van der Waals surface area contributed by atoms with Gasteiger partial charge in [-0.3, -0.25) is 0 Å². The largest absolute Gasteiger partial charge is 0.456 e. The quantitative estimate of drug-likeness (QED) is 0.741. The predicted molar refractivity (Wildman–Crippen MR) is 79.2 cm³/mol. The summed E-state index contributed by atoms with van der Waals surface area (Å²) in [6.45, 7) is 9.36. The molecule has 0 amide bonds. The van der Waals surface area contributed by atoms with E-state index in [1.54, 1.807) is 6.08 Å². The van der Waals surface area contributed by atoms with Crippen molar-refractivity contribution in [3.63, 3.8) is 0 Å². The molecule has 2 nitrogen and oxygen atoms in total. The molecule has 0 aliphatic rings. The van der Waals surface area contributed by atoms with Crippen LogP contribution in [-0.2, 0) is 4.74 Å². The van der Waals surface area contributed by atoms with Crippen molar-refractivity contribution in [3.05, 3.63) is 54.1 Å². The van der Waals surface area contributed by atoms with E-state index in [0.717, 1.165) is 16.3 Å². The fourth-order valence-electron chi connectivity index (χ4n) is 1.95. The summed E-state index contributed by atoms with van der Waals surface area (Å²) in [5.74, 6) is -0.299. The van der Waals surface area contributed by atoms with E-state index in [-0.39, 0.29) is 5.97 Å². The van der Waals surface area contributed by atoms with Gasteiger partial charge in [0.25, 0.3) is 0 Å². The second-order valence-electron chi connectivity index (χ2n) is 5.50. The monoisotopic (exact) mass is 254 g/mol. The minimum atomic E-state index is -0.498. The second-order valence-corrected chi connectivity index (χ2v) is 5.50. The molecule has 0 aromatic heterocycles. The van der Waals surface area contributed by atoms with Gasteiger partial charge in [0, 0.05) is 0 Å². The lowest BCUT2D eigenvalue weighted by molar-refractivity contribution is 0.00718. The van der Waals surface area contributed by atoms with Gasteiger partial charge < -0.3 is 4.74 Å². The van der Waals surface area contributed by atoms with Crippen LogP contribution in [0.3, 0.4) is 0 Å². The maximum absolute atomic E-state index is 12.3. The number of hydrogen-bond acceptors (Lipinski definition) is 2. The molecule has 2 aromatic rings. The third kappa shape index (κ3) is 3.02. The lowest BCUT2D eigenvalue weighted by Crippen LogP contribution is -2.24. The van der Waals surface area contributed by atoms with Crippen LogP contribution in [0.4, 0.5) is 0 Å². The zero-order chi connectivity index (χ0) is 14.0. The predicted octanol–water partition coefficient (Wildman–Crippen LogP) is 4.44. The number of hydrogen-bond donors (Lipinski definition) is 0. The molecular weight excluding hydrogens is 236 g/mol. The molecule has 0 bridgehead atoms. The first-order valence-corrected chi connectivity index (χ1v) is 6.29. The highest BCUT2D eigenvalue weighted by Gasteiger charge is 2.19. The number of fused-ring (bicyclic) bond motifs is 1. The van der Waals surface area contributed by atoms with Gasteiger partial charge in [0.1, 0.15) is 5.60 Å². The van der Waals surface area contributed by atoms with Crippen LogP contribution in [-0.4, -0.2) is 11.6 Å². The minimum Gasteiger partial charge on any atom is -0.456 e. The summed E-state index contributed by atoms with van der Waals surface area (Å²) in [7, 11) is 0. The summed E-state index contributed by atoms with van der Waals surface area (Å²) in [5.41, 5.74) is 1.00. The Morgan fingerprint density at radius 1 is 1.21 bits per heavy atom. The zero-order valence-corrected chi connectivity index (χ0v) is 11.6. The first-order valence-electron chi connectivity index (χ1n) is 6.29. The third-order valence-electron chi connectivity index (χ3n) is 2.74. The average Bonchev–Trinajstić information content (AvgIpc) is 2.35. The van der Waals surface area contributed by atoms with Crippen molar-refractivity contribution in [1.29, 1.82) is 0 Å². The molecule has 0 aliphatic carbocycles. The van der Waals surface area contributed by atoms with Gasteiger partial charge in [0.15, 0.2) is 0 Å². The molecule has 0 fully saturated rings. The van der Waals surface area contributed by atoms with Crippen LogP contribution in [0.5, 0.6) is 0 Å². The standard InChI is InChI=1S/C17H18O2/c1-5-12-10-13-8-6-7-9-14(13)15(11-12)16(18)19-17(2,3)4/h5-11H,1H2,2-4H3. The fourth-order valence-corrected chi connectivity index (χ4v) is 1.95. The van der Waals surface area contributed by atoms with Gasteiger partial charge in [0.2, 0.25) is 0 Å². The van der Waals surface area contributed by atoms with Crippen molar-refractivity contribution < 1.29 is 9.53 Å². The van der Waals surface area contributed by atoms with E-state index in [4.69, 9.17) is 4.74 Å². The Labute approximate surface area is 113 Å². The van der Waals surface area contributed by atoms with E-state index in [0.29, 0.717) is 5.56 Å². The van der Waals surface area contributed by atoms with Crippen molar-refractivity contribution in [2.24, 2.45) is 0 Å². The van der Waals surface area contributed by atoms with Gasteiger partial charge in [0.05, 0.1) is 5.56 Å². The summed E-state index contributed by atoms with van der Waals surface area (Å²) < 4.78 is 5.46. The van der Waals surface area contributed by atoms with Crippen molar-refractivity contribution in [1.82, 2.24) is 0 Å². The molecule has 0 saturated carbocycles. The highest BCUT2D eigenvalue weighted by molar-refractivity contribution is 6.05. The molecule has 0 heterocycles. The third-order valence-corrected chi connectivity index (χ3v) is 2.74. The Hall–Kier alpha value is -2.09. The van der Waals surface area contributed by atoms with Crippen LogP contribution in [0, 0.1) is 0 Å².